The van der Waals surface area contributed by atoms with Crippen molar-refractivity contribution in [2.24, 2.45) is 5.92 Å². The van der Waals surface area contributed by atoms with Gasteiger partial charge in [-0.25, -0.2) is 19.2 Å². The lowest BCUT2D eigenvalue weighted by Crippen LogP contribution is -2.43. The molecular weight excluding hydrogens is 421 g/mol. The number of ether oxygens (including phenoxy) is 1. The van der Waals surface area contributed by atoms with Gasteiger partial charge in [-0.1, -0.05) is 12.1 Å². The number of hydrogen-bond donors (Lipinski definition) is 1. The zero-order chi connectivity index (χ0) is 22.6. The Labute approximate surface area is 190 Å². The molecule has 1 N–H and O–H groups in total. The molecule has 7 nitrogen and oxygen atoms in total. The molecule has 1 saturated heterocycles. The van der Waals surface area contributed by atoms with Gasteiger partial charge in [-0.2, -0.15) is 0 Å². The van der Waals surface area contributed by atoms with Crippen LogP contribution in [-0.4, -0.2) is 38.4 Å². The molecule has 8 heteroatoms. The lowest BCUT2D eigenvalue weighted by molar-refractivity contribution is 0.177. The van der Waals surface area contributed by atoms with Gasteiger partial charge in [0.1, 0.15) is 35.1 Å². The SMILES string of the molecule is O=C(Nc1cc2nccn2cn1)N1CCCC(Cc2cccc(Oc3ccc(F)cc3)c2)C1. The first-order chi connectivity index (χ1) is 16.1. The number of likely N-dealkylation sites (tertiary alicyclic amines) is 1. The van der Waals surface area contributed by atoms with E-state index >= 15 is 0 Å². The molecule has 1 unspecified atom stereocenters. The highest BCUT2D eigenvalue weighted by Crippen LogP contribution is 2.26. The van der Waals surface area contributed by atoms with Gasteiger partial charge in [0.2, 0.25) is 0 Å². The molecule has 1 atom stereocenters. The minimum absolute atomic E-state index is 0.142. The molecule has 2 aromatic heterocycles. The van der Waals surface area contributed by atoms with E-state index in [0.717, 1.165) is 37.0 Å². The predicted octanol–water partition coefficient (Wildman–Crippen LogP) is 5.15. The Kier molecular flexibility index (Phi) is 5.89. The van der Waals surface area contributed by atoms with Crippen LogP contribution in [0.15, 0.2) is 73.3 Å². The zero-order valence-electron chi connectivity index (χ0n) is 18.0. The molecule has 0 saturated carbocycles. The Bertz CT molecular complexity index is 1260. The number of aromatic nitrogens is 3. The average molecular weight is 445 g/mol. The first-order valence-corrected chi connectivity index (χ1v) is 11.0. The number of piperidine rings is 1. The summed E-state index contributed by atoms with van der Waals surface area (Å²) < 4.78 is 20.8. The van der Waals surface area contributed by atoms with Crippen LogP contribution in [0.25, 0.3) is 5.65 Å². The Morgan fingerprint density at radius 3 is 2.88 bits per heavy atom. The number of imidazole rings is 1. The molecule has 3 heterocycles. The van der Waals surface area contributed by atoms with Crippen molar-refractivity contribution < 1.29 is 13.9 Å². The molecule has 5 rings (SSSR count). The van der Waals surface area contributed by atoms with Crippen molar-refractivity contribution in [2.45, 2.75) is 19.3 Å². The number of carbonyl (C=O) groups is 1. The highest BCUT2D eigenvalue weighted by molar-refractivity contribution is 5.88. The molecular formula is C25H24FN5O2. The summed E-state index contributed by atoms with van der Waals surface area (Å²) in [5.74, 6) is 1.86. The van der Waals surface area contributed by atoms with E-state index in [9.17, 15) is 9.18 Å². The molecule has 2 amide bonds. The smallest absolute Gasteiger partial charge is 0.323 e. The summed E-state index contributed by atoms with van der Waals surface area (Å²) in [6.07, 6.45) is 8.00. The number of carbonyl (C=O) groups excluding carboxylic acids is 1. The normalized spacial score (nSPS) is 16.0. The van der Waals surface area contributed by atoms with Crippen LogP contribution in [0, 0.1) is 11.7 Å². The Balaban J connectivity index is 1.20. The summed E-state index contributed by atoms with van der Waals surface area (Å²) in [6, 6.07) is 15.5. The van der Waals surface area contributed by atoms with Crippen LogP contribution in [0.3, 0.4) is 0 Å². The van der Waals surface area contributed by atoms with Crippen molar-refractivity contribution in [1.82, 2.24) is 19.3 Å². The monoisotopic (exact) mass is 445 g/mol. The lowest BCUT2D eigenvalue weighted by Gasteiger charge is -2.32. The van der Waals surface area contributed by atoms with Crippen LogP contribution in [0.1, 0.15) is 18.4 Å². The van der Waals surface area contributed by atoms with E-state index in [1.165, 1.54) is 12.1 Å². The van der Waals surface area contributed by atoms with Crippen LogP contribution in [-0.2, 0) is 6.42 Å². The van der Waals surface area contributed by atoms with Crippen LogP contribution in [0.5, 0.6) is 11.5 Å². The molecule has 33 heavy (non-hydrogen) atoms. The van der Waals surface area contributed by atoms with Crippen molar-refractivity contribution in [2.75, 3.05) is 18.4 Å². The number of amides is 2. The van der Waals surface area contributed by atoms with Crippen LogP contribution in [0.4, 0.5) is 15.0 Å². The van der Waals surface area contributed by atoms with E-state index in [-0.39, 0.29) is 11.8 Å². The summed E-state index contributed by atoms with van der Waals surface area (Å²) in [5, 5.41) is 2.89. The molecule has 168 valence electrons. The number of fused-ring (bicyclic) bond motifs is 1. The lowest BCUT2D eigenvalue weighted by atomic mass is 9.91. The third-order valence-corrected chi connectivity index (χ3v) is 5.80. The summed E-state index contributed by atoms with van der Waals surface area (Å²) in [4.78, 5) is 23.2. The zero-order valence-corrected chi connectivity index (χ0v) is 18.0. The van der Waals surface area contributed by atoms with Crippen molar-refractivity contribution >= 4 is 17.5 Å². The molecule has 0 bridgehead atoms. The largest absolute Gasteiger partial charge is 0.457 e. The number of rotatable bonds is 5. The Morgan fingerprint density at radius 1 is 1.12 bits per heavy atom. The van der Waals surface area contributed by atoms with Crippen LogP contribution >= 0.6 is 0 Å². The number of anilines is 1. The highest BCUT2D eigenvalue weighted by atomic mass is 19.1. The second kappa shape index (κ2) is 9.28. The molecule has 0 spiro atoms. The van der Waals surface area contributed by atoms with Gasteiger partial charge >= 0.3 is 6.03 Å². The molecule has 1 aliphatic heterocycles. The maximum absolute atomic E-state index is 13.1. The van der Waals surface area contributed by atoms with E-state index in [0.29, 0.717) is 29.8 Å². The average Bonchev–Trinajstić information content (AvgIpc) is 3.29. The van der Waals surface area contributed by atoms with E-state index in [1.54, 1.807) is 35.1 Å². The fraction of sp³-hybridized carbons (Fsp3) is 0.240. The van der Waals surface area contributed by atoms with Gasteiger partial charge in [-0.05, 0) is 67.1 Å². The van der Waals surface area contributed by atoms with Gasteiger partial charge < -0.3 is 9.64 Å². The molecule has 0 radical (unpaired) electrons. The van der Waals surface area contributed by atoms with Crippen molar-refractivity contribution in [3.8, 4) is 11.5 Å². The number of urea groups is 1. The van der Waals surface area contributed by atoms with E-state index in [4.69, 9.17) is 4.74 Å². The molecule has 4 aromatic rings. The number of nitrogens with one attached hydrogen (secondary N) is 1. The van der Waals surface area contributed by atoms with Crippen LogP contribution < -0.4 is 10.1 Å². The fourth-order valence-corrected chi connectivity index (χ4v) is 4.20. The van der Waals surface area contributed by atoms with Gasteiger partial charge in [0.05, 0.1) is 0 Å². The third kappa shape index (κ3) is 5.11. The second-order valence-corrected chi connectivity index (χ2v) is 8.26. The molecule has 1 fully saturated rings. The van der Waals surface area contributed by atoms with Gasteiger partial charge in [0.15, 0.2) is 0 Å². The van der Waals surface area contributed by atoms with Crippen molar-refractivity contribution in [3.63, 3.8) is 0 Å². The van der Waals surface area contributed by atoms with Gasteiger partial charge in [0.25, 0.3) is 0 Å². The number of nitrogens with zero attached hydrogens (tertiary/aromatic N) is 4. The fourth-order valence-electron chi connectivity index (χ4n) is 4.20. The van der Waals surface area contributed by atoms with Gasteiger partial charge in [-0.3, -0.25) is 9.72 Å². The number of benzene rings is 2. The minimum Gasteiger partial charge on any atom is -0.457 e. The topological polar surface area (TPSA) is 71.8 Å². The summed E-state index contributed by atoms with van der Waals surface area (Å²) in [5.41, 5.74) is 1.88. The maximum Gasteiger partial charge on any atom is 0.323 e. The third-order valence-electron chi connectivity index (χ3n) is 5.80. The van der Waals surface area contributed by atoms with E-state index in [1.807, 2.05) is 29.3 Å². The number of hydrogen-bond acceptors (Lipinski definition) is 4. The van der Waals surface area contributed by atoms with Crippen molar-refractivity contribution in [1.29, 1.82) is 0 Å². The standard InChI is InChI=1S/C25H24FN5O2/c26-20-6-8-21(9-7-20)33-22-5-1-3-18(14-22)13-19-4-2-11-30(16-19)25(32)29-23-15-24-27-10-12-31(24)17-28-23/h1,3,5-10,12,14-15,17,19H,2,4,11,13,16H2,(H,29,32). The Morgan fingerprint density at radius 2 is 2.00 bits per heavy atom. The van der Waals surface area contributed by atoms with Crippen LogP contribution in [0.2, 0.25) is 0 Å². The summed E-state index contributed by atoms with van der Waals surface area (Å²) >= 11 is 0. The second-order valence-electron chi connectivity index (χ2n) is 8.26. The van der Waals surface area contributed by atoms with Crippen molar-refractivity contribution in [3.05, 3.63) is 84.7 Å². The number of halogens is 1. The summed E-state index contributed by atoms with van der Waals surface area (Å²) in [6.45, 7) is 1.40. The molecule has 2 aromatic carbocycles. The van der Waals surface area contributed by atoms with Gasteiger partial charge in [0, 0.05) is 31.5 Å². The van der Waals surface area contributed by atoms with E-state index < -0.39 is 0 Å². The quantitative estimate of drug-likeness (QED) is 0.461. The van der Waals surface area contributed by atoms with E-state index in [2.05, 4.69) is 21.4 Å². The molecule has 1 aliphatic rings. The molecule has 0 aliphatic carbocycles. The maximum atomic E-state index is 13.1. The van der Waals surface area contributed by atoms with Gasteiger partial charge in [-0.15, -0.1) is 0 Å². The minimum atomic E-state index is -0.292. The predicted molar refractivity (Wildman–Crippen MR) is 123 cm³/mol. The first-order valence-electron chi connectivity index (χ1n) is 11.0. The summed E-state index contributed by atoms with van der Waals surface area (Å²) in [7, 11) is 0. The highest BCUT2D eigenvalue weighted by Gasteiger charge is 2.24. The first kappa shape index (κ1) is 20.9. The Hall–Kier alpha value is -3.94.